The zero-order valence-electron chi connectivity index (χ0n) is 16.2. The Labute approximate surface area is 155 Å². The Morgan fingerprint density at radius 2 is 1.69 bits per heavy atom. The van der Waals surface area contributed by atoms with E-state index in [2.05, 4.69) is 51.2 Å². The Kier molecular flexibility index (Phi) is 5.17. The molecule has 0 fully saturated rings. The molecule has 0 aliphatic carbocycles. The number of nitrogens with one attached hydrogen (secondary N) is 1. The maximum atomic E-state index is 12.8. The minimum Gasteiger partial charge on any atom is -0.464 e. The molecule has 136 valence electrons. The van der Waals surface area contributed by atoms with E-state index in [0.29, 0.717) is 18.3 Å². The molecule has 1 amide bonds. The molecule has 0 saturated heterocycles. The van der Waals surface area contributed by atoms with Crippen LogP contribution in [-0.4, -0.2) is 5.91 Å². The third kappa shape index (κ3) is 3.67. The number of amides is 1. The van der Waals surface area contributed by atoms with Crippen molar-refractivity contribution >= 4 is 22.6 Å². The fraction of sp³-hybridized carbons (Fsp3) is 0.348. The first-order valence-electron chi connectivity index (χ1n) is 9.26. The largest absolute Gasteiger partial charge is 0.464 e. The van der Waals surface area contributed by atoms with Crippen LogP contribution in [0.3, 0.4) is 0 Å². The SMILES string of the molecule is Cc1ccc2c(CC(=O)Nc3c(C(C)C)cccc3C(C)C)coc2c1. The van der Waals surface area contributed by atoms with E-state index in [-0.39, 0.29) is 5.91 Å². The van der Waals surface area contributed by atoms with Crippen LogP contribution in [0.2, 0.25) is 0 Å². The minimum absolute atomic E-state index is 0.0109. The topological polar surface area (TPSA) is 42.2 Å². The summed E-state index contributed by atoms with van der Waals surface area (Å²) in [5.74, 6) is 0.687. The number of furan rings is 1. The summed E-state index contributed by atoms with van der Waals surface area (Å²) in [5, 5.41) is 4.18. The highest BCUT2D eigenvalue weighted by molar-refractivity contribution is 5.96. The molecule has 1 N–H and O–H groups in total. The van der Waals surface area contributed by atoms with Crippen LogP contribution in [-0.2, 0) is 11.2 Å². The van der Waals surface area contributed by atoms with E-state index in [1.54, 1.807) is 6.26 Å². The normalized spacial score (nSPS) is 11.5. The van der Waals surface area contributed by atoms with Gasteiger partial charge < -0.3 is 9.73 Å². The number of hydrogen-bond acceptors (Lipinski definition) is 2. The molecule has 0 radical (unpaired) electrons. The molecule has 2 aromatic carbocycles. The number of benzene rings is 2. The van der Waals surface area contributed by atoms with Gasteiger partial charge in [-0.1, -0.05) is 58.0 Å². The first kappa shape index (κ1) is 18.2. The van der Waals surface area contributed by atoms with Crippen molar-refractivity contribution in [3.63, 3.8) is 0 Å². The van der Waals surface area contributed by atoms with Gasteiger partial charge in [-0.3, -0.25) is 4.79 Å². The maximum Gasteiger partial charge on any atom is 0.228 e. The Balaban J connectivity index is 1.88. The first-order valence-corrected chi connectivity index (χ1v) is 9.26. The Morgan fingerprint density at radius 1 is 1.04 bits per heavy atom. The number of carbonyl (C=O) groups is 1. The number of aryl methyl sites for hydroxylation is 1. The monoisotopic (exact) mass is 349 g/mol. The van der Waals surface area contributed by atoms with E-state index in [1.165, 1.54) is 11.1 Å². The molecule has 0 bridgehead atoms. The molecular formula is C23H27NO2. The van der Waals surface area contributed by atoms with Crippen LogP contribution >= 0.6 is 0 Å². The van der Waals surface area contributed by atoms with Crippen molar-refractivity contribution in [2.75, 3.05) is 5.32 Å². The highest BCUT2D eigenvalue weighted by Gasteiger charge is 2.17. The first-order chi connectivity index (χ1) is 12.4. The molecule has 3 rings (SSSR count). The minimum atomic E-state index is -0.0109. The van der Waals surface area contributed by atoms with E-state index >= 15 is 0 Å². The summed E-state index contributed by atoms with van der Waals surface area (Å²) in [7, 11) is 0. The van der Waals surface area contributed by atoms with Crippen LogP contribution in [0.25, 0.3) is 11.0 Å². The van der Waals surface area contributed by atoms with Crippen molar-refractivity contribution in [3.05, 3.63) is 64.9 Å². The van der Waals surface area contributed by atoms with Crippen LogP contribution in [0.15, 0.2) is 47.1 Å². The summed E-state index contributed by atoms with van der Waals surface area (Å²) in [6.45, 7) is 10.6. The van der Waals surface area contributed by atoms with Gasteiger partial charge in [0.2, 0.25) is 5.91 Å². The molecule has 0 aliphatic heterocycles. The number of hydrogen-bond donors (Lipinski definition) is 1. The van der Waals surface area contributed by atoms with Crippen molar-refractivity contribution in [2.45, 2.75) is 52.9 Å². The molecule has 3 nitrogen and oxygen atoms in total. The lowest BCUT2D eigenvalue weighted by Gasteiger charge is -2.20. The second kappa shape index (κ2) is 7.36. The van der Waals surface area contributed by atoms with Gasteiger partial charge in [-0.25, -0.2) is 0 Å². The molecule has 0 aliphatic rings. The molecular weight excluding hydrogens is 322 g/mol. The summed E-state index contributed by atoms with van der Waals surface area (Å²) < 4.78 is 5.62. The summed E-state index contributed by atoms with van der Waals surface area (Å²) >= 11 is 0. The molecule has 0 unspecified atom stereocenters. The quantitative estimate of drug-likeness (QED) is 0.598. The van der Waals surface area contributed by atoms with Gasteiger partial charge in [-0.05, 0) is 41.5 Å². The summed E-state index contributed by atoms with van der Waals surface area (Å²) in [6, 6.07) is 12.3. The van der Waals surface area contributed by atoms with Gasteiger partial charge in [0.25, 0.3) is 0 Å². The average molecular weight is 349 g/mol. The zero-order chi connectivity index (χ0) is 18.8. The second-order valence-corrected chi connectivity index (χ2v) is 7.61. The van der Waals surface area contributed by atoms with Gasteiger partial charge in [0.05, 0.1) is 12.7 Å². The molecule has 3 aromatic rings. The van der Waals surface area contributed by atoms with Gasteiger partial charge in [-0.15, -0.1) is 0 Å². The lowest BCUT2D eigenvalue weighted by atomic mass is 9.92. The van der Waals surface area contributed by atoms with Crippen LogP contribution in [0, 0.1) is 6.92 Å². The number of fused-ring (bicyclic) bond motifs is 1. The van der Waals surface area contributed by atoms with Crippen molar-refractivity contribution < 1.29 is 9.21 Å². The number of anilines is 1. The van der Waals surface area contributed by atoms with E-state index in [9.17, 15) is 4.79 Å². The third-order valence-corrected chi connectivity index (χ3v) is 4.80. The number of carbonyl (C=O) groups excluding carboxylic acids is 1. The molecule has 0 atom stereocenters. The zero-order valence-corrected chi connectivity index (χ0v) is 16.2. The predicted molar refractivity (Wildman–Crippen MR) is 108 cm³/mol. The van der Waals surface area contributed by atoms with E-state index in [4.69, 9.17) is 4.42 Å². The molecule has 1 heterocycles. The van der Waals surface area contributed by atoms with Crippen LogP contribution < -0.4 is 5.32 Å². The lowest BCUT2D eigenvalue weighted by molar-refractivity contribution is -0.115. The van der Waals surface area contributed by atoms with Crippen LogP contribution in [0.5, 0.6) is 0 Å². The molecule has 26 heavy (non-hydrogen) atoms. The number of rotatable bonds is 5. The Hall–Kier alpha value is -2.55. The summed E-state index contributed by atoms with van der Waals surface area (Å²) in [5.41, 5.74) is 6.22. The van der Waals surface area contributed by atoms with Gasteiger partial charge in [0.15, 0.2) is 0 Å². The van der Waals surface area contributed by atoms with Crippen molar-refractivity contribution in [2.24, 2.45) is 0 Å². The van der Waals surface area contributed by atoms with E-state index < -0.39 is 0 Å². The number of para-hydroxylation sites is 1. The lowest BCUT2D eigenvalue weighted by Crippen LogP contribution is -2.17. The van der Waals surface area contributed by atoms with Gasteiger partial charge in [0.1, 0.15) is 5.58 Å². The molecule has 0 saturated carbocycles. The predicted octanol–water partition coefficient (Wildman–Crippen LogP) is 6.17. The second-order valence-electron chi connectivity index (χ2n) is 7.61. The Morgan fingerprint density at radius 3 is 2.31 bits per heavy atom. The molecule has 3 heteroatoms. The fourth-order valence-electron chi connectivity index (χ4n) is 3.38. The fourth-order valence-corrected chi connectivity index (χ4v) is 3.38. The standard InChI is InChI=1S/C23H27NO2/c1-14(2)18-7-6-8-19(15(3)4)23(18)24-22(25)12-17-13-26-21-11-16(5)9-10-20(17)21/h6-11,13-15H,12H2,1-5H3,(H,24,25). The average Bonchev–Trinajstić information content (AvgIpc) is 2.96. The maximum absolute atomic E-state index is 12.8. The van der Waals surface area contributed by atoms with Gasteiger partial charge in [-0.2, -0.15) is 0 Å². The highest BCUT2D eigenvalue weighted by atomic mass is 16.3. The summed E-state index contributed by atoms with van der Waals surface area (Å²) in [6.07, 6.45) is 2.00. The third-order valence-electron chi connectivity index (χ3n) is 4.80. The van der Waals surface area contributed by atoms with Crippen LogP contribution in [0.1, 0.15) is 61.8 Å². The van der Waals surface area contributed by atoms with E-state index in [1.807, 2.05) is 25.1 Å². The molecule has 1 aromatic heterocycles. The van der Waals surface area contributed by atoms with Gasteiger partial charge >= 0.3 is 0 Å². The van der Waals surface area contributed by atoms with Crippen molar-refractivity contribution in [1.29, 1.82) is 0 Å². The summed E-state index contributed by atoms with van der Waals surface area (Å²) in [4.78, 5) is 12.8. The van der Waals surface area contributed by atoms with Crippen LogP contribution in [0.4, 0.5) is 5.69 Å². The van der Waals surface area contributed by atoms with Crippen molar-refractivity contribution in [3.8, 4) is 0 Å². The highest BCUT2D eigenvalue weighted by Crippen LogP contribution is 2.32. The van der Waals surface area contributed by atoms with Crippen molar-refractivity contribution in [1.82, 2.24) is 0 Å². The van der Waals surface area contributed by atoms with Gasteiger partial charge in [0, 0.05) is 16.6 Å². The molecule has 0 spiro atoms. The van der Waals surface area contributed by atoms with E-state index in [0.717, 1.165) is 27.8 Å². The smallest absolute Gasteiger partial charge is 0.228 e. The Bertz CT molecular complexity index is 908.